The quantitative estimate of drug-likeness (QED) is 0.487. The molecule has 1 heterocycles. The predicted molar refractivity (Wildman–Crippen MR) is 118 cm³/mol. The van der Waals surface area contributed by atoms with Crippen molar-refractivity contribution in [2.45, 2.75) is 13.1 Å². The van der Waals surface area contributed by atoms with Crippen LogP contribution in [-0.2, 0) is 27.9 Å². The maximum absolute atomic E-state index is 12.7. The fourth-order valence-electron chi connectivity index (χ4n) is 2.74. The van der Waals surface area contributed by atoms with E-state index >= 15 is 0 Å². The number of sulfonamides is 1. The van der Waals surface area contributed by atoms with Crippen LogP contribution in [0.25, 0.3) is 11.4 Å². The van der Waals surface area contributed by atoms with Crippen molar-refractivity contribution in [2.24, 2.45) is 0 Å². The summed E-state index contributed by atoms with van der Waals surface area (Å²) in [6, 6.07) is 13.9. The lowest BCUT2D eigenvalue weighted by Gasteiger charge is -2.23. The highest BCUT2D eigenvalue weighted by Crippen LogP contribution is 2.25. The molecule has 0 fully saturated rings. The average Bonchev–Trinajstić information content (AvgIpc) is 3.16. The molecule has 31 heavy (non-hydrogen) atoms. The van der Waals surface area contributed by atoms with Crippen LogP contribution >= 0.6 is 23.2 Å². The van der Waals surface area contributed by atoms with E-state index in [1.54, 1.807) is 48.5 Å². The van der Waals surface area contributed by atoms with E-state index in [2.05, 4.69) is 10.1 Å². The SMILES string of the molecule is CN(Cc1nc(-c2ccccc2Cl)no1)C(=O)CN(Cc1ccccc1Cl)S(C)(=O)=O. The van der Waals surface area contributed by atoms with E-state index in [0.29, 0.717) is 27.0 Å². The fourth-order valence-corrected chi connectivity index (χ4v) is 3.87. The van der Waals surface area contributed by atoms with E-state index < -0.39 is 15.9 Å². The van der Waals surface area contributed by atoms with E-state index in [4.69, 9.17) is 27.7 Å². The second-order valence-corrected chi connectivity index (χ2v) is 9.66. The molecule has 0 atom stereocenters. The minimum absolute atomic E-state index is 0.0139. The topological polar surface area (TPSA) is 96.6 Å². The number of amides is 1. The molecule has 0 aliphatic heterocycles. The van der Waals surface area contributed by atoms with Crippen molar-refractivity contribution in [3.8, 4) is 11.4 Å². The first-order valence-corrected chi connectivity index (χ1v) is 11.8. The Labute approximate surface area is 190 Å². The summed E-state index contributed by atoms with van der Waals surface area (Å²) in [6.07, 6.45) is 1.05. The van der Waals surface area contributed by atoms with Crippen molar-refractivity contribution in [1.82, 2.24) is 19.3 Å². The first kappa shape index (κ1) is 23.2. The molecule has 1 amide bonds. The largest absolute Gasteiger partial charge is 0.337 e. The van der Waals surface area contributed by atoms with E-state index in [0.717, 1.165) is 10.6 Å². The van der Waals surface area contributed by atoms with E-state index in [9.17, 15) is 13.2 Å². The van der Waals surface area contributed by atoms with Crippen molar-refractivity contribution < 1.29 is 17.7 Å². The van der Waals surface area contributed by atoms with Crippen LogP contribution in [0.4, 0.5) is 0 Å². The molecule has 2 aromatic carbocycles. The molecule has 0 aliphatic rings. The van der Waals surface area contributed by atoms with Gasteiger partial charge in [-0.05, 0) is 23.8 Å². The number of likely N-dealkylation sites (N-methyl/N-ethyl adjacent to an activating group) is 1. The molecule has 164 valence electrons. The Bertz CT molecular complexity index is 1180. The zero-order chi connectivity index (χ0) is 22.6. The van der Waals surface area contributed by atoms with Gasteiger partial charge in [-0.1, -0.05) is 58.7 Å². The van der Waals surface area contributed by atoms with Crippen molar-refractivity contribution >= 4 is 39.1 Å². The highest BCUT2D eigenvalue weighted by atomic mass is 35.5. The molecule has 0 saturated heterocycles. The molecular weight excluding hydrogens is 463 g/mol. The second-order valence-electron chi connectivity index (χ2n) is 6.86. The Morgan fingerprint density at radius 3 is 2.32 bits per heavy atom. The number of rotatable bonds is 8. The molecular formula is C20H20Cl2N4O4S. The third-order valence-corrected chi connectivity index (χ3v) is 6.36. The number of nitrogens with zero attached hydrogens (tertiary/aromatic N) is 4. The van der Waals surface area contributed by atoms with Crippen LogP contribution in [0.1, 0.15) is 11.5 Å². The highest BCUT2D eigenvalue weighted by molar-refractivity contribution is 7.88. The van der Waals surface area contributed by atoms with Crippen LogP contribution in [0.3, 0.4) is 0 Å². The number of hydrogen-bond donors (Lipinski definition) is 0. The standard InChI is InChI=1S/C20H20Cl2N4O4S/c1-25(12-18-23-20(24-30-18)15-8-4-6-10-17(15)22)19(27)13-26(31(2,28)29)11-14-7-3-5-9-16(14)21/h3-10H,11-13H2,1-2H3. The van der Waals surface area contributed by atoms with Crippen LogP contribution in [0.15, 0.2) is 53.1 Å². The van der Waals surface area contributed by atoms with Gasteiger partial charge in [0.1, 0.15) is 0 Å². The van der Waals surface area contributed by atoms with E-state index in [1.807, 2.05) is 0 Å². The monoisotopic (exact) mass is 482 g/mol. The first-order valence-electron chi connectivity index (χ1n) is 9.15. The molecule has 0 unspecified atom stereocenters. The molecule has 11 heteroatoms. The van der Waals surface area contributed by atoms with Crippen LogP contribution in [0.5, 0.6) is 0 Å². The van der Waals surface area contributed by atoms with Gasteiger partial charge in [0.2, 0.25) is 27.6 Å². The van der Waals surface area contributed by atoms with Gasteiger partial charge < -0.3 is 9.42 Å². The molecule has 8 nitrogen and oxygen atoms in total. The Hall–Kier alpha value is -2.46. The number of carbonyl (C=O) groups is 1. The zero-order valence-electron chi connectivity index (χ0n) is 16.8. The lowest BCUT2D eigenvalue weighted by atomic mass is 10.2. The number of carbonyl (C=O) groups excluding carboxylic acids is 1. The summed E-state index contributed by atoms with van der Waals surface area (Å²) in [4.78, 5) is 18.3. The van der Waals surface area contributed by atoms with Gasteiger partial charge in [-0.3, -0.25) is 4.79 Å². The summed E-state index contributed by atoms with van der Waals surface area (Å²) in [7, 11) is -2.13. The van der Waals surface area contributed by atoms with Gasteiger partial charge in [-0.2, -0.15) is 9.29 Å². The normalized spacial score (nSPS) is 11.6. The number of benzene rings is 2. The predicted octanol–water partition coefficient (Wildman–Crippen LogP) is 3.46. The minimum atomic E-state index is -3.66. The summed E-state index contributed by atoms with van der Waals surface area (Å²) in [5.74, 6) is 0.0654. The summed E-state index contributed by atoms with van der Waals surface area (Å²) >= 11 is 12.3. The van der Waals surface area contributed by atoms with Gasteiger partial charge >= 0.3 is 0 Å². The van der Waals surface area contributed by atoms with Crippen LogP contribution in [0, 0.1) is 0 Å². The highest BCUT2D eigenvalue weighted by Gasteiger charge is 2.24. The summed E-state index contributed by atoms with van der Waals surface area (Å²) < 4.78 is 30.7. The smallest absolute Gasteiger partial charge is 0.246 e. The van der Waals surface area contributed by atoms with Gasteiger partial charge in [0, 0.05) is 24.2 Å². The van der Waals surface area contributed by atoms with Gasteiger partial charge in [0.15, 0.2) is 0 Å². The van der Waals surface area contributed by atoms with Gasteiger partial charge in [0.05, 0.1) is 24.4 Å². The van der Waals surface area contributed by atoms with Crippen molar-refractivity contribution in [3.63, 3.8) is 0 Å². The minimum Gasteiger partial charge on any atom is -0.337 e. The van der Waals surface area contributed by atoms with Crippen molar-refractivity contribution in [1.29, 1.82) is 0 Å². The molecule has 3 aromatic rings. The average molecular weight is 483 g/mol. The zero-order valence-corrected chi connectivity index (χ0v) is 19.2. The molecule has 0 saturated carbocycles. The molecule has 0 radical (unpaired) electrons. The number of halogens is 2. The van der Waals surface area contributed by atoms with Crippen LogP contribution in [0.2, 0.25) is 10.0 Å². The summed E-state index contributed by atoms with van der Waals surface area (Å²) in [5.41, 5.74) is 1.21. The number of hydrogen-bond acceptors (Lipinski definition) is 6. The molecule has 1 aromatic heterocycles. The van der Waals surface area contributed by atoms with Crippen molar-refractivity contribution in [2.75, 3.05) is 19.8 Å². The van der Waals surface area contributed by atoms with E-state index in [1.165, 1.54) is 11.9 Å². The third kappa shape index (κ3) is 6.04. The Kier molecular flexibility index (Phi) is 7.32. The van der Waals surface area contributed by atoms with Crippen molar-refractivity contribution in [3.05, 3.63) is 70.0 Å². The van der Waals surface area contributed by atoms with Gasteiger partial charge in [-0.25, -0.2) is 8.42 Å². The Morgan fingerprint density at radius 1 is 1.03 bits per heavy atom. The molecule has 0 spiro atoms. The van der Waals surface area contributed by atoms with Crippen LogP contribution in [-0.4, -0.2) is 53.5 Å². The second kappa shape index (κ2) is 9.78. The van der Waals surface area contributed by atoms with E-state index in [-0.39, 0.29) is 25.5 Å². The Balaban J connectivity index is 1.69. The van der Waals surface area contributed by atoms with Gasteiger partial charge in [-0.15, -0.1) is 0 Å². The molecule has 0 aliphatic carbocycles. The van der Waals surface area contributed by atoms with Crippen LogP contribution < -0.4 is 0 Å². The molecule has 0 N–H and O–H groups in total. The Morgan fingerprint density at radius 2 is 1.68 bits per heavy atom. The third-order valence-electron chi connectivity index (χ3n) is 4.47. The lowest BCUT2D eigenvalue weighted by molar-refractivity contribution is -0.131. The van der Waals surface area contributed by atoms with Gasteiger partial charge in [0.25, 0.3) is 0 Å². The lowest BCUT2D eigenvalue weighted by Crippen LogP contribution is -2.40. The maximum Gasteiger partial charge on any atom is 0.246 e. The number of aromatic nitrogens is 2. The molecule has 3 rings (SSSR count). The summed E-state index contributed by atoms with van der Waals surface area (Å²) in [6.45, 7) is -0.360. The first-order chi connectivity index (χ1) is 14.6. The molecule has 0 bridgehead atoms. The fraction of sp³-hybridized carbons (Fsp3) is 0.250. The maximum atomic E-state index is 12.7. The summed E-state index contributed by atoms with van der Waals surface area (Å²) in [5, 5.41) is 4.80.